The Morgan fingerprint density at radius 2 is 1.50 bits per heavy atom. The van der Waals surface area contributed by atoms with E-state index in [1.165, 1.54) is 0 Å². The van der Waals surface area contributed by atoms with E-state index in [1.54, 1.807) is 13.0 Å². The van der Waals surface area contributed by atoms with Crippen LogP contribution in [0.25, 0.3) is 0 Å². The van der Waals surface area contributed by atoms with Crippen molar-refractivity contribution < 1.29 is 10.0 Å². The van der Waals surface area contributed by atoms with Gasteiger partial charge in [-0.15, -0.1) is 0 Å². The third-order valence-corrected chi connectivity index (χ3v) is 3.54. The molecule has 124 valence electrons. The molecule has 6 heteroatoms. The number of aryl methyl sites for hydroxylation is 2. The van der Waals surface area contributed by atoms with Crippen LogP contribution in [0.1, 0.15) is 18.1 Å². The Hall–Kier alpha value is -3.15. The van der Waals surface area contributed by atoms with E-state index >= 15 is 0 Å². The summed E-state index contributed by atoms with van der Waals surface area (Å²) in [6, 6.07) is 15.0. The predicted molar refractivity (Wildman–Crippen MR) is 96.9 cm³/mol. The number of rotatable bonds is 5. The van der Waals surface area contributed by atoms with Crippen LogP contribution in [-0.2, 0) is 4.79 Å². The molecule has 0 heterocycles. The number of hydrogen-bond acceptors (Lipinski definition) is 5. The first kappa shape index (κ1) is 17.2. The minimum absolute atomic E-state index is 0.153. The van der Waals surface area contributed by atoms with Crippen LogP contribution in [0.3, 0.4) is 0 Å². The highest BCUT2D eigenvalue weighted by atomic mass is 16.4. The number of hydrogen-bond donors (Lipinski definition) is 3. The van der Waals surface area contributed by atoms with Crippen LogP contribution in [0, 0.1) is 13.8 Å². The molecule has 0 aliphatic rings. The van der Waals surface area contributed by atoms with Gasteiger partial charge < -0.3 is 10.5 Å². The molecule has 0 fully saturated rings. The lowest BCUT2D eigenvalue weighted by atomic mass is 10.2. The summed E-state index contributed by atoms with van der Waals surface area (Å²) in [6.45, 7) is 5.42. The molecule has 0 bridgehead atoms. The van der Waals surface area contributed by atoms with Crippen molar-refractivity contribution in [1.29, 1.82) is 0 Å². The Kier molecular flexibility index (Phi) is 5.68. The fraction of sp³-hybridized carbons (Fsp3) is 0.167. The second kappa shape index (κ2) is 7.92. The molecule has 0 saturated carbocycles. The fourth-order valence-electron chi connectivity index (χ4n) is 2.07. The van der Waals surface area contributed by atoms with Gasteiger partial charge in [-0.1, -0.05) is 41.6 Å². The van der Waals surface area contributed by atoms with E-state index in [4.69, 9.17) is 0 Å². The largest absolute Gasteiger partial charge is 0.410 e. The van der Waals surface area contributed by atoms with Crippen molar-refractivity contribution in [3.8, 4) is 0 Å². The Morgan fingerprint density at radius 1 is 0.958 bits per heavy atom. The number of nitrogens with zero attached hydrogens (tertiary/aromatic N) is 2. The number of nitrogens with one attached hydrogen (secondary N) is 2. The molecule has 0 atom stereocenters. The summed E-state index contributed by atoms with van der Waals surface area (Å²) in [5, 5.41) is 19.1. The predicted octanol–water partition coefficient (Wildman–Crippen LogP) is 3.56. The van der Waals surface area contributed by atoms with Crippen molar-refractivity contribution in [2.75, 3.05) is 10.7 Å². The number of hydrazone groups is 1. The third kappa shape index (κ3) is 4.19. The molecule has 0 saturated heterocycles. The van der Waals surface area contributed by atoms with Gasteiger partial charge in [0.05, 0.1) is 11.4 Å². The first-order chi connectivity index (χ1) is 11.5. The second-order valence-corrected chi connectivity index (χ2v) is 5.34. The Morgan fingerprint density at radius 3 is 2.04 bits per heavy atom. The van der Waals surface area contributed by atoms with Crippen LogP contribution in [0.2, 0.25) is 0 Å². The number of amides is 1. The number of benzene rings is 2. The molecule has 0 aromatic heterocycles. The summed E-state index contributed by atoms with van der Waals surface area (Å²) >= 11 is 0. The first-order valence-corrected chi connectivity index (χ1v) is 7.48. The van der Waals surface area contributed by atoms with Gasteiger partial charge in [-0.3, -0.25) is 10.2 Å². The molecule has 3 N–H and O–H groups in total. The van der Waals surface area contributed by atoms with E-state index in [9.17, 15) is 10.0 Å². The summed E-state index contributed by atoms with van der Waals surface area (Å²) in [5.74, 6) is -0.528. The minimum atomic E-state index is -0.528. The zero-order valence-electron chi connectivity index (χ0n) is 13.9. The van der Waals surface area contributed by atoms with Crippen LogP contribution < -0.4 is 10.7 Å². The number of carbonyl (C=O) groups is 1. The van der Waals surface area contributed by atoms with Gasteiger partial charge in [-0.2, -0.15) is 5.10 Å². The highest BCUT2D eigenvalue weighted by molar-refractivity contribution is 6.68. The summed E-state index contributed by atoms with van der Waals surface area (Å²) < 4.78 is 0. The molecule has 0 aliphatic heterocycles. The lowest BCUT2D eigenvalue weighted by molar-refractivity contribution is -0.110. The minimum Gasteiger partial charge on any atom is -0.410 e. The van der Waals surface area contributed by atoms with Crippen LogP contribution in [0.15, 0.2) is 58.8 Å². The molecule has 1 amide bonds. The number of anilines is 2. The van der Waals surface area contributed by atoms with Crippen molar-refractivity contribution in [3.05, 3.63) is 59.7 Å². The summed E-state index contributed by atoms with van der Waals surface area (Å²) in [7, 11) is 0. The Balaban J connectivity index is 2.12. The van der Waals surface area contributed by atoms with Crippen molar-refractivity contribution in [2.45, 2.75) is 20.8 Å². The van der Waals surface area contributed by atoms with Crippen LogP contribution in [-0.4, -0.2) is 22.5 Å². The molecule has 2 rings (SSSR count). The first-order valence-electron chi connectivity index (χ1n) is 7.48. The van der Waals surface area contributed by atoms with Crippen molar-refractivity contribution in [1.82, 2.24) is 0 Å². The van der Waals surface area contributed by atoms with E-state index in [2.05, 4.69) is 21.0 Å². The van der Waals surface area contributed by atoms with Crippen LogP contribution in [0.4, 0.5) is 11.4 Å². The average Bonchev–Trinajstić information content (AvgIpc) is 2.57. The van der Waals surface area contributed by atoms with Crippen molar-refractivity contribution in [3.63, 3.8) is 0 Å². The van der Waals surface area contributed by atoms with E-state index in [1.807, 2.05) is 56.3 Å². The monoisotopic (exact) mass is 324 g/mol. The molecule has 6 nitrogen and oxygen atoms in total. The molecule has 2 aromatic carbocycles. The highest BCUT2D eigenvalue weighted by Crippen LogP contribution is 2.14. The zero-order valence-corrected chi connectivity index (χ0v) is 13.9. The maximum absolute atomic E-state index is 12.3. The smallest absolute Gasteiger partial charge is 0.279 e. The van der Waals surface area contributed by atoms with Gasteiger partial charge in [0.15, 0.2) is 5.71 Å². The maximum Gasteiger partial charge on any atom is 0.279 e. The number of carbonyl (C=O) groups excluding carboxylic acids is 1. The topological polar surface area (TPSA) is 86.1 Å². The molecule has 0 radical (unpaired) electrons. The SMILES string of the molecule is CC(=N/Nc1ccccc1C)/C(=N/O)C(=O)Nc1ccccc1C. The van der Waals surface area contributed by atoms with Gasteiger partial charge in [0.25, 0.3) is 5.91 Å². The van der Waals surface area contributed by atoms with Crippen LogP contribution >= 0.6 is 0 Å². The Bertz CT molecular complexity index is 797. The van der Waals surface area contributed by atoms with Gasteiger partial charge >= 0.3 is 0 Å². The lowest BCUT2D eigenvalue weighted by Gasteiger charge is -2.09. The van der Waals surface area contributed by atoms with E-state index in [0.29, 0.717) is 5.69 Å². The van der Waals surface area contributed by atoms with Gasteiger partial charge in [0, 0.05) is 5.69 Å². The zero-order chi connectivity index (χ0) is 17.5. The van der Waals surface area contributed by atoms with Gasteiger partial charge in [-0.05, 0) is 44.0 Å². The molecule has 0 aliphatic carbocycles. The van der Waals surface area contributed by atoms with Gasteiger partial charge in [-0.25, -0.2) is 0 Å². The number of para-hydroxylation sites is 2. The fourth-order valence-corrected chi connectivity index (χ4v) is 2.07. The maximum atomic E-state index is 12.3. The van der Waals surface area contributed by atoms with E-state index in [0.717, 1.165) is 16.8 Å². The Labute approximate surface area is 140 Å². The second-order valence-electron chi connectivity index (χ2n) is 5.34. The number of oxime groups is 1. The molecular formula is C18H20N4O2. The summed E-state index contributed by atoms with van der Waals surface area (Å²) in [6.07, 6.45) is 0. The van der Waals surface area contributed by atoms with E-state index < -0.39 is 5.91 Å². The molecule has 24 heavy (non-hydrogen) atoms. The molecule has 0 unspecified atom stereocenters. The quantitative estimate of drug-likeness (QED) is 0.446. The van der Waals surface area contributed by atoms with E-state index in [-0.39, 0.29) is 11.4 Å². The van der Waals surface area contributed by atoms with Gasteiger partial charge in [0.2, 0.25) is 0 Å². The normalized spacial score (nSPS) is 12.0. The molecule has 2 aromatic rings. The van der Waals surface area contributed by atoms with Crippen LogP contribution in [0.5, 0.6) is 0 Å². The average molecular weight is 324 g/mol. The third-order valence-electron chi connectivity index (χ3n) is 3.54. The van der Waals surface area contributed by atoms with Gasteiger partial charge in [0.1, 0.15) is 0 Å². The standard InChI is InChI=1S/C18H20N4O2/c1-12-8-4-6-10-15(12)19-18(23)17(22-24)14(3)20-21-16-11-7-5-9-13(16)2/h4-11,21,24H,1-3H3,(H,19,23)/b20-14-,22-17-. The summed E-state index contributed by atoms with van der Waals surface area (Å²) in [4.78, 5) is 12.3. The lowest BCUT2D eigenvalue weighted by Crippen LogP contribution is -2.29. The summed E-state index contributed by atoms with van der Waals surface area (Å²) in [5.41, 5.74) is 6.39. The molecular weight excluding hydrogens is 304 g/mol. The van der Waals surface area contributed by atoms with Crippen molar-refractivity contribution in [2.24, 2.45) is 10.3 Å². The highest BCUT2D eigenvalue weighted by Gasteiger charge is 2.17. The molecule has 0 spiro atoms. The van der Waals surface area contributed by atoms with Crippen molar-refractivity contribution >= 4 is 28.7 Å².